The standard InChI is InChI=1S/C18H29N3O2/c1-2-3-17(19)18(23)20-12-14-4-6-15(7-5-14)13-21-10-8-16(22)9-11-21/h4-7,16-17,22H,2-3,8-13,19H2,1H3,(H,20,23). The predicted molar refractivity (Wildman–Crippen MR) is 91.7 cm³/mol. The Labute approximate surface area is 138 Å². The monoisotopic (exact) mass is 319 g/mol. The van der Waals surface area contributed by atoms with E-state index in [1.54, 1.807) is 0 Å². The molecule has 1 aromatic rings. The van der Waals surface area contributed by atoms with Crippen LogP contribution in [0.15, 0.2) is 24.3 Å². The minimum absolute atomic E-state index is 0.0807. The summed E-state index contributed by atoms with van der Waals surface area (Å²) in [6.45, 7) is 5.37. The van der Waals surface area contributed by atoms with Crippen LogP contribution in [0.4, 0.5) is 0 Å². The molecule has 5 nitrogen and oxygen atoms in total. The lowest BCUT2D eigenvalue weighted by Crippen LogP contribution is -2.40. The van der Waals surface area contributed by atoms with Crippen molar-refractivity contribution in [2.45, 2.75) is 57.8 Å². The van der Waals surface area contributed by atoms with Gasteiger partial charge >= 0.3 is 0 Å². The Hall–Kier alpha value is -1.43. The van der Waals surface area contributed by atoms with Crippen molar-refractivity contribution in [2.75, 3.05) is 13.1 Å². The van der Waals surface area contributed by atoms with Crippen LogP contribution in [-0.4, -0.2) is 41.1 Å². The van der Waals surface area contributed by atoms with Crippen LogP contribution in [0.2, 0.25) is 0 Å². The lowest BCUT2D eigenvalue weighted by atomic mass is 10.1. The molecular weight excluding hydrogens is 290 g/mol. The van der Waals surface area contributed by atoms with E-state index in [0.717, 1.165) is 50.9 Å². The minimum atomic E-state index is -0.409. The number of nitrogens with two attached hydrogens (primary N) is 1. The van der Waals surface area contributed by atoms with Crippen LogP contribution in [0.5, 0.6) is 0 Å². The van der Waals surface area contributed by atoms with E-state index in [1.165, 1.54) is 5.56 Å². The largest absolute Gasteiger partial charge is 0.393 e. The number of amides is 1. The van der Waals surface area contributed by atoms with Gasteiger partial charge in [-0.25, -0.2) is 0 Å². The van der Waals surface area contributed by atoms with Gasteiger partial charge in [0, 0.05) is 26.2 Å². The molecule has 1 unspecified atom stereocenters. The van der Waals surface area contributed by atoms with Gasteiger partial charge in [0.25, 0.3) is 0 Å². The second kappa shape index (κ2) is 9.01. The molecule has 128 valence electrons. The Bertz CT molecular complexity index is 482. The van der Waals surface area contributed by atoms with E-state index in [0.29, 0.717) is 6.54 Å². The third kappa shape index (κ3) is 5.94. The van der Waals surface area contributed by atoms with Gasteiger partial charge in [0.15, 0.2) is 0 Å². The number of benzene rings is 1. The summed E-state index contributed by atoms with van der Waals surface area (Å²) < 4.78 is 0. The summed E-state index contributed by atoms with van der Waals surface area (Å²) in [5.41, 5.74) is 8.14. The molecule has 1 saturated heterocycles. The van der Waals surface area contributed by atoms with Gasteiger partial charge in [-0.2, -0.15) is 0 Å². The lowest BCUT2D eigenvalue weighted by molar-refractivity contribution is -0.122. The molecule has 0 radical (unpaired) electrons. The fourth-order valence-corrected chi connectivity index (χ4v) is 2.86. The van der Waals surface area contributed by atoms with E-state index in [2.05, 4.69) is 34.5 Å². The number of hydrogen-bond donors (Lipinski definition) is 3. The molecule has 1 aliphatic rings. The highest BCUT2D eigenvalue weighted by Crippen LogP contribution is 2.14. The van der Waals surface area contributed by atoms with Gasteiger partial charge < -0.3 is 16.2 Å². The molecule has 1 heterocycles. The Kier molecular flexibility index (Phi) is 7.02. The van der Waals surface area contributed by atoms with E-state index >= 15 is 0 Å². The third-order valence-electron chi connectivity index (χ3n) is 4.39. The second-order valence-corrected chi connectivity index (χ2v) is 6.44. The number of hydrogen-bond acceptors (Lipinski definition) is 4. The zero-order valence-electron chi connectivity index (χ0n) is 14.0. The molecule has 0 bridgehead atoms. The van der Waals surface area contributed by atoms with Crippen molar-refractivity contribution >= 4 is 5.91 Å². The highest BCUT2D eigenvalue weighted by atomic mass is 16.3. The van der Waals surface area contributed by atoms with Gasteiger partial charge in [-0.05, 0) is 30.4 Å². The average molecular weight is 319 g/mol. The fourth-order valence-electron chi connectivity index (χ4n) is 2.86. The molecule has 0 spiro atoms. The lowest BCUT2D eigenvalue weighted by Gasteiger charge is -2.29. The van der Waals surface area contributed by atoms with Gasteiger partial charge in [0.1, 0.15) is 0 Å². The van der Waals surface area contributed by atoms with E-state index in [4.69, 9.17) is 5.73 Å². The maximum atomic E-state index is 11.8. The Balaban J connectivity index is 1.77. The van der Waals surface area contributed by atoms with Crippen LogP contribution in [0.3, 0.4) is 0 Å². The number of nitrogens with zero attached hydrogens (tertiary/aromatic N) is 1. The first-order valence-electron chi connectivity index (χ1n) is 8.60. The summed E-state index contributed by atoms with van der Waals surface area (Å²) in [6.07, 6.45) is 3.23. The first-order valence-corrected chi connectivity index (χ1v) is 8.60. The summed E-state index contributed by atoms with van der Waals surface area (Å²) in [6, 6.07) is 7.92. The molecule has 0 aromatic heterocycles. The SMILES string of the molecule is CCCC(N)C(=O)NCc1ccc(CN2CCC(O)CC2)cc1. The van der Waals surface area contributed by atoms with Crippen molar-refractivity contribution in [1.82, 2.24) is 10.2 Å². The van der Waals surface area contributed by atoms with Crippen molar-refractivity contribution in [1.29, 1.82) is 0 Å². The number of carbonyl (C=O) groups excluding carboxylic acids is 1. The highest BCUT2D eigenvalue weighted by Gasteiger charge is 2.16. The van der Waals surface area contributed by atoms with Crippen LogP contribution in [0, 0.1) is 0 Å². The first-order chi connectivity index (χ1) is 11.1. The zero-order valence-corrected chi connectivity index (χ0v) is 14.0. The van der Waals surface area contributed by atoms with Gasteiger partial charge in [-0.15, -0.1) is 0 Å². The smallest absolute Gasteiger partial charge is 0.237 e. The van der Waals surface area contributed by atoms with E-state index in [-0.39, 0.29) is 12.0 Å². The van der Waals surface area contributed by atoms with Gasteiger partial charge in [-0.1, -0.05) is 37.6 Å². The number of likely N-dealkylation sites (tertiary alicyclic amines) is 1. The van der Waals surface area contributed by atoms with Gasteiger partial charge in [0.05, 0.1) is 12.1 Å². The Morgan fingerprint density at radius 1 is 1.30 bits per heavy atom. The number of nitrogens with one attached hydrogen (secondary N) is 1. The molecule has 1 aliphatic heterocycles. The number of aliphatic hydroxyl groups excluding tert-OH is 1. The first kappa shape index (κ1) is 17.9. The topological polar surface area (TPSA) is 78.6 Å². The number of piperidine rings is 1. The molecule has 2 rings (SSSR count). The molecule has 4 N–H and O–H groups in total. The van der Waals surface area contributed by atoms with Crippen LogP contribution in [-0.2, 0) is 17.9 Å². The molecule has 0 saturated carbocycles. The minimum Gasteiger partial charge on any atom is -0.393 e. The highest BCUT2D eigenvalue weighted by molar-refractivity contribution is 5.81. The van der Waals surface area contributed by atoms with E-state index in [1.807, 2.05) is 6.92 Å². The van der Waals surface area contributed by atoms with Crippen LogP contribution in [0.25, 0.3) is 0 Å². The van der Waals surface area contributed by atoms with Crippen molar-refractivity contribution in [3.8, 4) is 0 Å². The summed E-state index contributed by atoms with van der Waals surface area (Å²) in [5, 5.41) is 12.4. The summed E-state index contributed by atoms with van der Waals surface area (Å²) in [5.74, 6) is -0.0807. The zero-order chi connectivity index (χ0) is 16.7. The molecular formula is C18H29N3O2. The van der Waals surface area contributed by atoms with E-state index in [9.17, 15) is 9.90 Å². The van der Waals surface area contributed by atoms with Crippen LogP contribution < -0.4 is 11.1 Å². The maximum Gasteiger partial charge on any atom is 0.237 e. The Morgan fingerprint density at radius 2 is 1.91 bits per heavy atom. The molecule has 1 fully saturated rings. The van der Waals surface area contributed by atoms with Crippen molar-refractivity contribution in [2.24, 2.45) is 5.73 Å². The van der Waals surface area contributed by atoms with Crippen molar-refractivity contribution in [3.63, 3.8) is 0 Å². The van der Waals surface area contributed by atoms with Crippen molar-refractivity contribution < 1.29 is 9.90 Å². The molecule has 1 atom stereocenters. The second-order valence-electron chi connectivity index (χ2n) is 6.44. The summed E-state index contributed by atoms with van der Waals surface area (Å²) in [4.78, 5) is 14.2. The number of carbonyl (C=O) groups is 1. The molecule has 0 aliphatic carbocycles. The quantitative estimate of drug-likeness (QED) is 0.709. The maximum absolute atomic E-state index is 11.8. The Morgan fingerprint density at radius 3 is 2.52 bits per heavy atom. The van der Waals surface area contributed by atoms with E-state index < -0.39 is 6.04 Å². The summed E-state index contributed by atoms with van der Waals surface area (Å²) in [7, 11) is 0. The van der Waals surface area contributed by atoms with Gasteiger partial charge in [0.2, 0.25) is 5.91 Å². The fraction of sp³-hybridized carbons (Fsp3) is 0.611. The number of aliphatic hydroxyl groups is 1. The number of rotatable bonds is 7. The third-order valence-corrected chi connectivity index (χ3v) is 4.39. The molecule has 1 aromatic carbocycles. The van der Waals surface area contributed by atoms with Crippen LogP contribution in [0.1, 0.15) is 43.7 Å². The average Bonchev–Trinajstić information content (AvgIpc) is 2.56. The molecule has 23 heavy (non-hydrogen) atoms. The normalized spacial score (nSPS) is 17.9. The van der Waals surface area contributed by atoms with Crippen LogP contribution >= 0.6 is 0 Å². The van der Waals surface area contributed by atoms with Gasteiger partial charge in [-0.3, -0.25) is 9.69 Å². The molecule has 1 amide bonds. The molecule has 5 heteroatoms. The van der Waals surface area contributed by atoms with Crippen molar-refractivity contribution in [3.05, 3.63) is 35.4 Å². The summed E-state index contributed by atoms with van der Waals surface area (Å²) >= 11 is 0. The predicted octanol–water partition coefficient (Wildman–Crippen LogP) is 1.39.